The quantitative estimate of drug-likeness (QED) is 0.805. The van der Waals surface area contributed by atoms with Crippen LogP contribution in [-0.2, 0) is 19.1 Å². The predicted molar refractivity (Wildman–Crippen MR) is 79.5 cm³/mol. The molecule has 0 amide bonds. The van der Waals surface area contributed by atoms with Gasteiger partial charge < -0.3 is 0 Å². The van der Waals surface area contributed by atoms with Gasteiger partial charge in [0.25, 0.3) is 9.05 Å². The maximum Gasteiger partial charge on any atom is 0.262 e. The van der Waals surface area contributed by atoms with E-state index in [1.165, 1.54) is 18.2 Å². The predicted octanol–water partition coefficient (Wildman–Crippen LogP) is 2.92. The fourth-order valence-electron chi connectivity index (χ4n) is 1.07. The van der Waals surface area contributed by atoms with Gasteiger partial charge in [-0.2, -0.15) is 0 Å². The Bertz CT molecular complexity index is 693. The highest BCUT2D eigenvalue weighted by molar-refractivity contribution is 9.10. The first-order valence-electron chi connectivity index (χ1n) is 5.11. The molecule has 19 heavy (non-hydrogen) atoms. The molecule has 0 unspecified atom stereocenters. The van der Waals surface area contributed by atoms with Crippen molar-refractivity contribution in [2.45, 2.75) is 30.4 Å². The topological polar surface area (TPSA) is 80.3 Å². The summed E-state index contributed by atoms with van der Waals surface area (Å²) in [4.78, 5) is -0.118. The third-order valence-electron chi connectivity index (χ3n) is 2.25. The number of nitrogens with one attached hydrogen (secondary N) is 1. The van der Waals surface area contributed by atoms with Gasteiger partial charge in [-0.3, -0.25) is 4.72 Å². The first kappa shape index (κ1) is 16.7. The molecule has 0 saturated heterocycles. The molecule has 0 saturated carbocycles. The Balaban J connectivity index is 3.19. The third-order valence-corrected chi connectivity index (χ3v) is 6.67. The molecule has 9 heteroatoms. The smallest absolute Gasteiger partial charge is 0.262 e. The van der Waals surface area contributed by atoms with E-state index in [-0.39, 0.29) is 15.1 Å². The highest BCUT2D eigenvalue weighted by Crippen LogP contribution is 2.29. The molecular weight excluding hydrogens is 378 g/mol. The van der Waals surface area contributed by atoms with Crippen molar-refractivity contribution in [2.24, 2.45) is 0 Å². The van der Waals surface area contributed by atoms with Crippen molar-refractivity contribution in [1.82, 2.24) is 0 Å². The van der Waals surface area contributed by atoms with E-state index in [0.29, 0.717) is 0 Å². The summed E-state index contributed by atoms with van der Waals surface area (Å²) in [6, 6.07) is 3.91. The summed E-state index contributed by atoms with van der Waals surface area (Å²) in [6.07, 6.45) is 0. The van der Waals surface area contributed by atoms with Crippen molar-refractivity contribution in [3.8, 4) is 0 Å². The van der Waals surface area contributed by atoms with E-state index in [1.807, 2.05) is 0 Å². The molecule has 0 aliphatic carbocycles. The van der Waals surface area contributed by atoms with E-state index in [9.17, 15) is 16.8 Å². The highest BCUT2D eigenvalue weighted by Gasteiger charge is 2.29. The zero-order valence-electron chi connectivity index (χ0n) is 10.4. The van der Waals surface area contributed by atoms with Crippen LogP contribution in [0, 0.1) is 0 Å². The summed E-state index contributed by atoms with van der Waals surface area (Å²) in [5.41, 5.74) is 0.255. The number of hydrogen-bond donors (Lipinski definition) is 1. The molecule has 1 N–H and O–H groups in total. The summed E-state index contributed by atoms with van der Waals surface area (Å²) in [5, 5.41) is 0. The van der Waals surface area contributed by atoms with Gasteiger partial charge in [-0.25, -0.2) is 16.8 Å². The fraction of sp³-hybridized carbons (Fsp3) is 0.400. The molecule has 0 fully saturated rings. The van der Waals surface area contributed by atoms with Crippen LogP contribution in [0.2, 0.25) is 0 Å². The molecule has 0 aromatic heterocycles. The molecule has 0 heterocycles. The van der Waals surface area contributed by atoms with E-state index in [4.69, 9.17) is 10.7 Å². The van der Waals surface area contributed by atoms with E-state index in [2.05, 4.69) is 20.7 Å². The molecule has 0 atom stereocenters. The SMILES string of the molecule is CC(C)(C)S(=O)(=O)Nc1ccc(S(=O)(=O)Cl)c(Br)c1. The minimum absolute atomic E-state index is 0.118. The van der Waals surface area contributed by atoms with Crippen LogP contribution >= 0.6 is 26.6 Å². The van der Waals surface area contributed by atoms with E-state index in [1.54, 1.807) is 20.8 Å². The molecule has 1 aromatic rings. The monoisotopic (exact) mass is 389 g/mol. The Morgan fingerprint density at radius 1 is 1.16 bits per heavy atom. The van der Waals surface area contributed by atoms with Crippen molar-refractivity contribution in [1.29, 1.82) is 0 Å². The Morgan fingerprint density at radius 3 is 2.05 bits per heavy atom. The van der Waals surface area contributed by atoms with Crippen LogP contribution < -0.4 is 4.72 Å². The van der Waals surface area contributed by atoms with Crippen molar-refractivity contribution in [3.05, 3.63) is 22.7 Å². The molecule has 1 aromatic carbocycles. The molecule has 5 nitrogen and oxygen atoms in total. The van der Waals surface area contributed by atoms with Gasteiger partial charge in [0.15, 0.2) is 0 Å². The number of hydrogen-bond acceptors (Lipinski definition) is 4. The normalized spacial score (nSPS) is 13.3. The number of rotatable bonds is 3. The fourth-order valence-corrected chi connectivity index (χ4v) is 4.04. The lowest BCUT2D eigenvalue weighted by Gasteiger charge is -2.20. The lowest BCUT2D eigenvalue weighted by molar-refractivity contribution is 0.566. The molecule has 0 aliphatic rings. The van der Waals surface area contributed by atoms with Gasteiger partial charge in [-0.05, 0) is 54.9 Å². The standard InChI is InChI=1S/C10H13BrClNO4S2/c1-10(2,3)19(16,17)13-7-4-5-9(8(11)6-7)18(12,14)15/h4-6,13H,1-3H3. The Morgan fingerprint density at radius 2 is 1.68 bits per heavy atom. The maximum atomic E-state index is 11.9. The molecule has 0 spiro atoms. The van der Waals surface area contributed by atoms with Gasteiger partial charge in [0.2, 0.25) is 10.0 Å². The van der Waals surface area contributed by atoms with Crippen molar-refractivity contribution >= 4 is 51.4 Å². The molecule has 0 bridgehead atoms. The summed E-state index contributed by atoms with van der Waals surface area (Å²) in [6.45, 7) is 4.67. The minimum Gasteiger partial charge on any atom is -0.283 e. The van der Waals surface area contributed by atoms with Crippen LogP contribution in [0.15, 0.2) is 27.6 Å². The number of anilines is 1. The van der Waals surface area contributed by atoms with E-state index < -0.39 is 23.8 Å². The Kier molecular flexibility index (Phi) is 4.61. The van der Waals surface area contributed by atoms with Crippen molar-refractivity contribution in [3.63, 3.8) is 0 Å². The lowest BCUT2D eigenvalue weighted by Crippen LogP contribution is -2.33. The Hall–Kier alpha value is -0.310. The summed E-state index contributed by atoms with van der Waals surface area (Å²) < 4.78 is 47.9. The number of halogens is 2. The molecule has 0 aliphatic heterocycles. The number of sulfonamides is 1. The zero-order valence-corrected chi connectivity index (χ0v) is 14.4. The second-order valence-corrected chi connectivity index (χ2v) is 10.6. The summed E-state index contributed by atoms with van der Waals surface area (Å²) in [7, 11) is -2.22. The number of benzene rings is 1. The van der Waals surface area contributed by atoms with E-state index >= 15 is 0 Å². The van der Waals surface area contributed by atoms with Gasteiger partial charge in [-0.15, -0.1) is 0 Å². The molecule has 108 valence electrons. The zero-order chi connectivity index (χ0) is 15.1. The largest absolute Gasteiger partial charge is 0.283 e. The molecular formula is C10H13BrClNO4S2. The van der Waals surface area contributed by atoms with Gasteiger partial charge in [0.05, 0.1) is 9.64 Å². The second-order valence-electron chi connectivity index (χ2n) is 4.80. The summed E-state index contributed by atoms with van der Waals surface area (Å²) >= 11 is 3.04. The van der Waals surface area contributed by atoms with Gasteiger partial charge in [0.1, 0.15) is 0 Å². The average molecular weight is 391 g/mol. The maximum absolute atomic E-state index is 11.9. The van der Waals surface area contributed by atoms with Crippen LogP contribution in [0.25, 0.3) is 0 Å². The Labute approximate surface area is 126 Å². The molecule has 0 radical (unpaired) electrons. The van der Waals surface area contributed by atoms with Gasteiger partial charge in [0, 0.05) is 20.8 Å². The molecule has 1 rings (SSSR count). The summed E-state index contributed by atoms with van der Waals surface area (Å²) in [5.74, 6) is 0. The first-order chi connectivity index (χ1) is 8.34. The average Bonchev–Trinajstić information content (AvgIpc) is 2.12. The van der Waals surface area contributed by atoms with Crippen LogP contribution in [-0.4, -0.2) is 21.6 Å². The van der Waals surface area contributed by atoms with Crippen LogP contribution in [0.1, 0.15) is 20.8 Å². The first-order valence-corrected chi connectivity index (χ1v) is 9.70. The van der Waals surface area contributed by atoms with Crippen molar-refractivity contribution in [2.75, 3.05) is 4.72 Å². The van der Waals surface area contributed by atoms with Crippen LogP contribution in [0.3, 0.4) is 0 Å². The second kappa shape index (κ2) is 5.23. The van der Waals surface area contributed by atoms with Gasteiger partial charge in [-0.1, -0.05) is 0 Å². The highest BCUT2D eigenvalue weighted by atomic mass is 79.9. The minimum atomic E-state index is -3.87. The van der Waals surface area contributed by atoms with Gasteiger partial charge >= 0.3 is 0 Å². The van der Waals surface area contributed by atoms with E-state index in [0.717, 1.165) is 0 Å². The van der Waals surface area contributed by atoms with Crippen LogP contribution in [0.4, 0.5) is 5.69 Å². The third kappa shape index (κ3) is 4.08. The van der Waals surface area contributed by atoms with Crippen molar-refractivity contribution < 1.29 is 16.8 Å². The lowest BCUT2D eigenvalue weighted by atomic mass is 10.3. The van der Waals surface area contributed by atoms with Crippen LogP contribution in [0.5, 0.6) is 0 Å².